The largest absolute Gasteiger partial charge is 0.490 e. The van der Waals surface area contributed by atoms with Crippen LogP contribution in [0.15, 0.2) is 48.6 Å². The van der Waals surface area contributed by atoms with Crippen LogP contribution in [0, 0.1) is 0 Å². The fourth-order valence-electron chi connectivity index (χ4n) is 2.74. The van der Waals surface area contributed by atoms with Crippen LogP contribution in [0.25, 0.3) is 0 Å². The smallest absolute Gasteiger partial charge is 0.229 e. The van der Waals surface area contributed by atoms with Gasteiger partial charge in [0.1, 0.15) is 12.4 Å². The zero-order valence-corrected chi connectivity index (χ0v) is 13.7. The molecule has 0 saturated heterocycles. The summed E-state index contributed by atoms with van der Waals surface area (Å²) in [6.45, 7) is 4.79. The van der Waals surface area contributed by atoms with Gasteiger partial charge in [0, 0.05) is 36.5 Å². The summed E-state index contributed by atoms with van der Waals surface area (Å²) in [6.07, 6.45) is 4.92. The summed E-state index contributed by atoms with van der Waals surface area (Å²) in [5.41, 5.74) is 14.1. The topological polar surface area (TPSA) is 93.5 Å². The molecule has 0 aliphatic carbocycles. The molecule has 4 N–H and O–H groups in total. The van der Waals surface area contributed by atoms with Crippen molar-refractivity contribution in [2.75, 3.05) is 36.0 Å². The van der Waals surface area contributed by atoms with E-state index in [1.807, 2.05) is 18.2 Å². The molecule has 126 valence electrons. The lowest BCUT2D eigenvalue weighted by Crippen LogP contribution is -2.36. The molecule has 2 aromatic rings. The van der Waals surface area contributed by atoms with Crippen LogP contribution in [-0.2, 0) is 0 Å². The molecule has 0 bridgehead atoms. The summed E-state index contributed by atoms with van der Waals surface area (Å²) >= 11 is 0. The second-order valence-electron chi connectivity index (χ2n) is 5.46. The minimum absolute atomic E-state index is 0.574. The van der Waals surface area contributed by atoms with Gasteiger partial charge in [-0.1, -0.05) is 0 Å². The van der Waals surface area contributed by atoms with Crippen LogP contribution < -0.4 is 26.0 Å². The molecule has 0 fully saturated rings. The number of nitrogens with two attached hydrogens (primary N) is 2. The normalized spacial score (nSPS) is 14.0. The molecule has 0 spiro atoms. The number of benzene rings is 1. The maximum atomic E-state index is 5.90. The van der Waals surface area contributed by atoms with Crippen LogP contribution in [-0.4, -0.2) is 36.2 Å². The monoisotopic (exact) mass is 326 g/mol. The van der Waals surface area contributed by atoms with Crippen LogP contribution in [0.3, 0.4) is 0 Å². The number of nitrogens with zero attached hydrogens (tertiary/aromatic N) is 4. The molecule has 24 heavy (non-hydrogen) atoms. The van der Waals surface area contributed by atoms with Gasteiger partial charge in [0.25, 0.3) is 0 Å². The number of fused-ring (bicyclic) bond motifs is 1. The van der Waals surface area contributed by atoms with Crippen molar-refractivity contribution in [3.8, 4) is 5.75 Å². The van der Waals surface area contributed by atoms with E-state index >= 15 is 0 Å². The second-order valence-corrected chi connectivity index (χ2v) is 5.46. The quantitative estimate of drug-likeness (QED) is 0.861. The lowest BCUT2D eigenvalue weighted by molar-refractivity contribution is 0.309. The molecule has 0 saturated carbocycles. The zero-order valence-electron chi connectivity index (χ0n) is 13.7. The number of aromatic nitrogens is 2. The number of ether oxygens (including phenoxy) is 1. The molecule has 7 heteroatoms. The average Bonchev–Trinajstić information content (AvgIpc) is 2.63. The van der Waals surface area contributed by atoms with E-state index in [4.69, 9.17) is 16.2 Å². The van der Waals surface area contributed by atoms with Crippen molar-refractivity contribution in [1.29, 1.82) is 0 Å². The molecule has 0 atom stereocenters. The highest BCUT2D eigenvalue weighted by atomic mass is 16.5. The van der Waals surface area contributed by atoms with Crippen molar-refractivity contribution >= 4 is 17.3 Å². The Balaban J connectivity index is 1.95. The molecular formula is C17H22N6O. The van der Waals surface area contributed by atoms with Crippen molar-refractivity contribution in [1.82, 2.24) is 9.97 Å². The second kappa shape index (κ2) is 7.08. The number of rotatable bonds is 5. The van der Waals surface area contributed by atoms with E-state index in [2.05, 4.69) is 32.8 Å². The van der Waals surface area contributed by atoms with E-state index in [-0.39, 0.29) is 0 Å². The van der Waals surface area contributed by atoms with Crippen molar-refractivity contribution in [2.45, 2.75) is 6.92 Å². The van der Waals surface area contributed by atoms with Crippen molar-refractivity contribution in [3.63, 3.8) is 0 Å². The third kappa shape index (κ3) is 3.19. The van der Waals surface area contributed by atoms with Gasteiger partial charge < -0.3 is 26.0 Å². The molecule has 0 amide bonds. The first-order valence-electron chi connectivity index (χ1n) is 7.95. The first-order valence-corrected chi connectivity index (χ1v) is 7.95. The highest BCUT2D eigenvalue weighted by Gasteiger charge is 2.21. The van der Waals surface area contributed by atoms with E-state index in [0.29, 0.717) is 24.8 Å². The van der Waals surface area contributed by atoms with E-state index in [1.165, 1.54) is 6.20 Å². The molecule has 1 aromatic heterocycles. The Hall–Kier alpha value is -2.96. The van der Waals surface area contributed by atoms with Crippen LogP contribution in [0.1, 0.15) is 6.92 Å². The van der Waals surface area contributed by atoms with Gasteiger partial charge in [-0.3, -0.25) is 0 Å². The minimum Gasteiger partial charge on any atom is -0.490 e. The fraction of sp³-hybridized carbons (Fsp3) is 0.294. The summed E-state index contributed by atoms with van der Waals surface area (Å²) in [7, 11) is 0. The standard InChI is InChI=1S/C17H22N6O/c1-2-23(17-20-6-3-7-21-17)14-4-5-16-15(10-14)22(8-9-24-16)12-13(19)11-18/h3-7,10-11H,2,8-9,12,18-19H2,1H3/b13-11-. The van der Waals surface area contributed by atoms with E-state index in [9.17, 15) is 0 Å². The molecule has 2 heterocycles. The molecule has 0 unspecified atom stereocenters. The van der Waals surface area contributed by atoms with Crippen LogP contribution in [0.4, 0.5) is 17.3 Å². The maximum Gasteiger partial charge on any atom is 0.229 e. The molecule has 0 radical (unpaired) electrons. The Morgan fingerprint density at radius 2 is 2.17 bits per heavy atom. The zero-order chi connectivity index (χ0) is 16.9. The summed E-state index contributed by atoms with van der Waals surface area (Å²) in [5.74, 6) is 1.52. The molecular weight excluding hydrogens is 304 g/mol. The third-order valence-electron chi connectivity index (χ3n) is 3.91. The molecule has 1 aliphatic heterocycles. The Morgan fingerprint density at radius 1 is 1.38 bits per heavy atom. The Morgan fingerprint density at radius 3 is 2.88 bits per heavy atom. The summed E-state index contributed by atoms with van der Waals surface area (Å²) in [4.78, 5) is 12.9. The molecule has 3 rings (SSSR count). The Labute approximate surface area is 141 Å². The van der Waals surface area contributed by atoms with Crippen LogP contribution in [0.5, 0.6) is 5.75 Å². The SMILES string of the molecule is CCN(c1ccc2c(c1)N(C/C(N)=C/N)CCO2)c1ncccn1. The predicted molar refractivity (Wildman–Crippen MR) is 95.3 cm³/mol. The molecule has 1 aromatic carbocycles. The van der Waals surface area contributed by atoms with Gasteiger partial charge in [-0.05, 0) is 31.2 Å². The first kappa shape index (κ1) is 15.9. The van der Waals surface area contributed by atoms with Gasteiger partial charge >= 0.3 is 0 Å². The fourth-order valence-corrected chi connectivity index (χ4v) is 2.74. The highest BCUT2D eigenvalue weighted by Crippen LogP contribution is 2.36. The van der Waals surface area contributed by atoms with Crippen molar-refractivity contribution in [2.24, 2.45) is 11.5 Å². The Kier molecular flexibility index (Phi) is 4.69. The van der Waals surface area contributed by atoms with Gasteiger partial charge in [0.2, 0.25) is 5.95 Å². The highest BCUT2D eigenvalue weighted by molar-refractivity contribution is 5.70. The van der Waals surface area contributed by atoms with Crippen molar-refractivity contribution < 1.29 is 4.74 Å². The summed E-state index contributed by atoms with van der Waals surface area (Å²) in [5, 5.41) is 0. The van der Waals surface area contributed by atoms with Gasteiger partial charge in [-0.25, -0.2) is 9.97 Å². The molecule has 7 nitrogen and oxygen atoms in total. The van der Waals surface area contributed by atoms with E-state index < -0.39 is 0 Å². The predicted octanol–water partition coefficient (Wildman–Crippen LogP) is 1.59. The molecule has 1 aliphatic rings. The van der Waals surface area contributed by atoms with Crippen molar-refractivity contribution in [3.05, 3.63) is 48.6 Å². The van der Waals surface area contributed by atoms with Gasteiger partial charge in [-0.15, -0.1) is 0 Å². The number of anilines is 3. The Bertz CT molecular complexity index is 718. The van der Waals surface area contributed by atoms with E-state index in [1.54, 1.807) is 12.4 Å². The number of hydrogen-bond acceptors (Lipinski definition) is 7. The van der Waals surface area contributed by atoms with Crippen LogP contribution >= 0.6 is 0 Å². The third-order valence-corrected chi connectivity index (χ3v) is 3.91. The minimum atomic E-state index is 0.574. The average molecular weight is 326 g/mol. The van der Waals surface area contributed by atoms with Gasteiger partial charge in [0.05, 0.1) is 18.8 Å². The summed E-state index contributed by atoms with van der Waals surface area (Å²) in [6, 6.07) is 7.88. The maximum absolute atomic E-state index is 5.90. The van der Waals surface area contributed by atoms with Gasteiger partial charge in [0.15, 0.2) is 0 Å². The number of hydrogen-bond donors (Lipinski definition) is 2. The van der Waals surface area contributed by atoms with Crippen LogP contribution in [0.2, 0.25) is 0 Å². The lowest BCUT2D eigenvalue weighted by atomic mass is 10.2. The van der Waals surface area contributed by atoms with Gasteiger partial charge in [-0.2, -0.15) is 0 Å². The van der Waals surface area contributed by atoms with E-state index in [0.717, 1.165) is 30.2 Å². The summed E-state index contributed by atoms with van der Waals surface area (Å²) < 4.78 is 5.76. The lowest BCUT2D eigenvalue weighted by Gasteiger charge is -2.32. The first-order chi connectivity index (χ1) is 11.7.